The summed E-state index contributed by atoms with van der Waals surface area (Å²) in [7, 11) is -0.606. The Morgan fingerprint density at radius 1 is 1.13 bits per heavy atom. The lowest BCUT2D eigenvalue weighted by atomic mass is 10.2. The van der Waals surface area contributed by atoms with Gasteiger partial charge < -0.3 is 20.1 Å². The highest BCUT2D eigenvalue weighted by Gasteiger charge is 2.17. The molecule has 0 aromatic heterocycles. The van der Waals surface area contributed by atoms with Crippen molar-refractivity contribution in [2.45, 2.75) is 18.7 Å². The van der Waals surface area contributed by atoms with Gasteiger partial charge in [-0.3, -0.25) is 0 Å². The van der Waals surface area contributed by atoms with Gasteiger partial charge in [-0.15, -0.1) is 0 Å². The predicted octanol–water partition coefficient (Wildman–Crippen LogP) is 1.43. The molecule has 0 atom stereocenters. The van der Waals surface area contributed by atoms with E-state index in [1.54, 1.807) is 0 Å². The molecule has 0 aliphatic rings. The molecule has 23 heavy (non-hydrogen) atoms. The number of hydrogen-bond acceptors (Lipinski definition) is 5. The molecule has 2 N–H and O–H groups in total. The van der Waals surface area contributed by atoms with Crippen molar-refractivity contribution in [3.8, 4) is 11.5 Å². The van der Waals surface area contributed by atoms with Crippen molar-refractivity contribution in [2.75, 3.05) is 33.1 Å². The van der Waals surface area contributed by atoms with E-state index in [1.807, 2.05) is 13.8 Å². The highest BCUT2D eigenvalue weighted by atomic mass is 32.2. The topological polar surface area (TPSA) is 93.7 Å². The lowest BCUT2D eigenvalue weighted by Gasteiger charge is -2.11. The van der Waals surface area contributed by atoms with Gasteiger partial charge >= 0.3 is 6.03 Å². The fourth-order valence-corrected chi connectivity index (χ4v) is 2.95. The SMILES string of the molecule is COc1ccc(S(=O)(=O)CCNC(=O)NCC(C)C)cc1OC. The molecule has 0 radical (unpaired) electrons. The van der Waals surface area contributed by atoms with Crippen LogP contribution in [0.2, 0.25) is 0 Å². The highest BCUT2D eigenvalue weighted by Crippen LogP contribution is 2.29. The van der Waals surface area contributed by atoms with Gasteiger partial charge in [0.25, 0.3) is 0 Å². The first-order valence-corrected chi connectivity index (χ1v) is 8.92. The van der Waals surface area contributed by atoms with Crippen molar-refractivity contribution in [2.24, 2.45) is 5.92 Å². The molecule has 0 unspecified atom stereocenters. The van der Waals surface area contributed by atoms with Crippen LogP contribution in [0.1, 0.15) is 13.8 Å². The van der Waals surface area contributed by atoms with Gasteiger partial charge in [0, 0.05) is 19.2 Å². The first-order chi connectivity index (χ1) is 10.8. The Hall–Kier alpha value is -1.96. The van der Waals surface area contributed by atoms with E-state index in [9.17, 15) is 13.2 Å². The highest BCUT2D eigenvalue weighted by molar-refractivity contribution is 7.91. The van der Waals surface area contributed by atoms with Crippen LogP contribution in [0.15, 0.2) is 23.1 Å². The van der Waals surface area contributed by atoms with Gasteiger partial charge in [0.1, 0.15) is 0 Å². The summed E-state index contributed by atoms with van der Waals surface area (Å²) in [6.07, 6.45) is 0. The lowest BCUT2D eigenvalue weighted by molar-refractivity contribution is 0.240. The van der Waals surface area contributed by atoms with E-state index in [0.29, 0.717) is 24.0 Å². The van der Waals surface area contributed by atoms with Crippen LogP contribution in [0.4, 0.5) is 4.79 Å². The molecule has 1 aromatic carbocycles. The maximum atomic E-state index is 12.3. The molecular formula is C15H24N2O5S. The van der Waals surface area contributed by atoms with Crippen molar-refractivity contribution in [3.63, 3.8) is 0 Å². The van der Waals surface area contributed by atoms with Crippen LogP contribution in [0.25, 0.3) is 0 Å². The molecular weight excluding hydrogens is 320 g/mol. The summed E-state index contributed by atoms with van der Waals surface area (Å²) in [6, 6.07) is 4.03. The second kappa shape index (κ2) is 8.61. The van der Waals surface area contributed by atoms with Crippen LogP contribution in [-0.4, -0.2) is 47.5 Å². The second-order valence-electron chi connectivity index (χ2n) is 5.37. The third kappa shape index (κ3) is 5.97. The smallest absolute Gasteiger partial charge is 0.314 e. The maximum absolute atomic E-state index is 12.3. The third-order valence-electron chi connectivity index (χ3n) is 3.04. The normalized spacial score (nSPS) is 11.2. The standard InChI is InChI=1S/C15H24N2O5S/c1-11(2)10-17-15(18)16-7-8-23(19,20)12-5-6-13(21-3)14(9-12)22-4/h5-6,9,11H,7-8,10H2,1-4H3,(H2,16,17,18). The van der Waals surface area contributed by atoms with Gasteiger partial charge in [0.2, 0.25) is 0 Å². The molecule has 2 amide bonds. The van der Waals surface area contributed by atoms with Crippen molar-refractivity contribution < 1.29 is 22.7 Å². The van der Waals surface area contributed by atoms with E-state index < -0.39 is 9.84 Å². The zero-order chi connectivity index (χ0) is 17.5. The quantitative estimate of drug-likeness (QED) is 0.744. The number of rotatable bonds is 8. The molecule has 130 valence electrons. The van der Waals surface area contributed by atoms with Crippen molar-refractivity contribution in [3.05, 3.63) is 18.2 Å². The number of sulfone groups is 1. The van der Waals surface area contributed by atoms with Crippen LogP contribution in [-0.2, 0) is 9.84 Å². The van der Waals surface area contributed by atoms with Crippen molar-refractivity contribution >= 4 is 15.9 Å². The number of benzene rings is 1. The molecule has 0 heterocycles. The number of hydrogen-bond donors (Lipinski definition) is 2. The van der Waals surface area contributed by atoms with Gasteiger partial charge in [-0.05, 0) is 18.1 Å². The minimum atomic E-state index is -3.52. The number of carbonyl (C=O) groups excluding carboxylic acids is 1. The van der Waals surface area contributed by atoms with Crippen LogP contribution in [0, 0.1) is 5.92 Å². The van der Waals surface area contributed by atoms with Crippen LogP contribution >= 0.6 is 0 Å². The third-order valence-corrected chi connectivity index (χ3v) is 4.76. The van der Waals surface area contributed by atoms with E-state index >= 15 is 0 Å². The summed E-state index contributed by atoms with van der Waals surface area (Å²) in [6.45, 7) is 4.51. The Labute approximate surface area is 137 Å². The zero-order valence-corrected chi connectivity index (χ0v) is 14.7. The largest absolute Gasteiger partial charge is 0.493 e. The molecule has 0 fully saturated rings. The van der Waals surface area contributed by atoms with Crippen LogP contribution in [0.3, 0.4) is 0 Å². The van der Waals surface area contributed by atoms with Crippen molar-refractivity contribution in [1.29, 1.82) is 0 Å². The molecule has 1 rings (SSSR count). The van der Waals surface area contributed by atoms with E-state index in [1.165, 1.54) is 32.4 Å². The number of carbonyl (C=O) groups is 1. The number of methoxy groups -OCH3 is 2. The Kier molecular flexibility index (Phi) is 7.15. The maximum Gasteiger partial charge on any atom is 0.314 e. The Morgan fingerprint density at radius 2 is 1.78 bits per heavy atom. The fraction of sp³-hybridized carbons (Fsp3) is 0.533. The molecule has 0 bridgehead atoms. The first-order valence-electron chi connectivity index (χ1n) is 7.26. The molecule has 1 aromatic rings. The second-order valence-corrected chi connectivity index (χ2v) is 7.48. The van der Waals surface area contributed by atoms with Gasteiger partial charge in [0.15, 0.2) is 21.3 Å². The number of urea groups is 1. The van der Waals surface area contributed by atoms with E-state index in [4.69, 9.17) is 9.47 Å². The average Bonchev–Trinajstić information content (AvgIpc) is 2.51. The molecule has 0 spiro atoms. The molecule has 0 saturated heterocycles. The van der Waals surface area contributed by atoms with Crippen LogP contribution in [0.5, 0.6) is 11.5 Å². The molecule has 8 heteroatoms. The zero-order valence-electron chi connectivity index (χ0n) is 13.9. The number of amides is 2. The summed E-state index contributed by atoms with van der Waals surface area (Å²) in [5.41, 5.74) is 0. The predicted molar refractivity (Wildman–Crippen MR) is 87.8 cm³/mol. The summed E-state index contributed by atoms with van der Waals surface area (Å²) in [5.74, 6) is 0.933. The van der Waals surface area contributed by atoms with Gasteiger partial charge in [0.05, 0.1) is 24.9 Å². The number of ether oxygens (including phenoxy) is 2. The summed E-state index contributed by atoms with van der Waals surface area (Å²) in [5, 5.41) is 5.19. The van der Waals surface area contributed by atoms with E-state index in [-0.39, 0.29) is 23.2 Å². The minimum Gasteiger partial charge on any atom is -0.493 e. The monoisotopic (exact) mass is 344 g/mol. The summed E-state index contributed by atoms with van der Waals surface area (Å²) in [4.78, 5) is 11.6. The van der Waals surface area contributed by atoms with Gasteiger partial charge in [-0.25, -0.2) is 13.2 Å². The van der Waals surface area contributed by atoms with E-state index in [2.05, 4.69) is 10.6 Å². The Morgan fingerprint density at radius 3 is 2.35 bits per heavy atom. The summed E-state index contributed by atoms with van der Waals surface area (Å²) >= 11 is 0. The van der Waals surface area contributed by atoms with Crippen molar-refractivity contribution in [1.82, 2.24) is 10.6 Å². The fourth-order valence-electron chi connectivity index (χ4n) is 1.79. The molecule has 0 aliphatic carbocycles. The molecule has 0 aliphatic heterocycles. The van der Waals surface area contributed by atoms with Gasteiger partial charge in [-0.2, -0.15) is 0 Å². The first kappa shape index (κ1) is 19.1. The van der Waals surface area contributed by atoms with Gasteiger partial charge in [-0.1, -0.05) is 13.8 Å². The van der Waals surface area contributed by atoms with E-state index in [0.717, 1.165) is 0 Å². The van der Waals surface area contributed by atoms with Crippen LogP contribution < -0.4 is 20.1 Å². The average molecular weight is 344 g/mol. The molecule has 7 nitrogen and oxygen atoms in total. The Balaban J connectivity index is 2.64. The number of nitrogens with one attached hydrogen (secondary N) is 2. The lowest BCUT2D eigenvalue weighted by Crippen LogP contribution is -2.39. The summed E-state index contributed by atoms with van der Waals surface area (Å²) < 4.78 is 34.7. The Bertz CT molecular complexity index is 629. The minimum absolute atomic E-state index is 0.0284. The molecule has 0 saturated carbocycles.